The number of piperidine rings is 1. The lowest BCUT2D eigenvalue weighted by atomic mass is 9.86. The predicted octanol–water partition coefficient (Wildman–Crippen LogP) is 3.67. The van der Waals surface area contributed by atoms with Crippen LogP contribution in [0.2, 0.25) is 0 Å². The first-order valence-electron chi connectivity index (χ1n) is 10.3. The van der Waals surface area contributed by atoms with Crippen molar-refractivity contribution in [3.05, 3.63) is 71.0 Å². The van der Waals surface area contributed by atoms with Gasteiger partial charge in [-0.1, -0.05) is 45.0 Å². The second kappa shape index (κ2) is 7.35. The highest BCUT2D eigenvalue weighted by molar-refractivity contribution is 6.46. The fourth-order valence-electron chi connectivity index (χ4n) is 4.01. The Balaban J connectivity index is 1.46. The molecule has 30 heavy (non-hydrogen) atoms. The van der Waals surface area contributed by atoms with Gasteiger partial charge in [-0.15, -0.1) is 0 Å². The van der Waals surface area contributed by atoms with E-state index in [0.29, 0.717) is 37.1 Å². The smallest absolute Gasteiger partial charge is 0.272 e. The largest absolute Gasteiger partial charge is 0.338 e. The normalized spacial score (nSPS) is 18.3. The standard InChI is InChI=1S/C24H26FN3O2/c1-23(2,3)18-9-7-16(8-10-18)22(30)28-13-11-24(12-14-28)26-20(21(29)27-24)17-5-4-6-19(25)15-17/h4-10,15H,11-14H2,1-3H3,(H,27,29). The van der Waals surface area contributed by atoms with Gasteiger partial charge in [0.25, 0.3) is 11.8 Å². The summed E-state index contributed by atoms with van der Waals surface area (Å²) < 4.78 is 13.5. The van der Waals surface area contributed by atoms with Crippen LogP contribution in [-0.2, 0) is 10.2 Å². The Kier molecular flexibility index (Phi) is 4.96. The molecule has 1 saturated heterocycles. The molecule has 2 aromatic carbocycles. The van der Waals surface area contributed by atoms with Gasteiger partial charge in [0.05, 0.1) is 0 Å². The van der Waals surface area contributed by atoms with Gasteiger partial charge in [-0.05, 0) is 35.2 Å². The number of rotatable bonds is 2. The number of carbonyl (C=O) groups is 2. The van der Waals surface area contributed by atoms with Crippen molar-refractivity contribution in [1.82, 2.24) is 10.2 Å². The molecule has 0 saturated carbocycles. The molecule has 0 bridgehead atoms. The Morgan fingerprint density at radius 2 is 1.77 bits per heavy atom. The average Bonchev–Trinajstić information content (AvgIpc) is 3.03. The van der Waals surface area contributed by atoms with Crippen molar-refractivity contribution < 1.29 is 14.0 Å². The summed E-state index contributed by atoms with van der Waals surface area (Å²) >= 11 is 0. The molecule has 6 heteroatoms. The Hall–Kier alpha value is -3.02. The number of amides is 2. The van der Waals surface area contributed by atoms with Gasteiger partial charge in [0, 0.05) is 37.1 Å². The molecule has 156 valence electrons. The van der Waals surface area contributed by atoms with Gasteiger partial charge in [0.1, 0.15) is 17.2 Å². The number of nitrogens with one attached hydrogen (secondary N) is 1. The SMILES string of the molecule is CC(C)(C)c1ccc(C(=O)N2CCC3(CC2)N=C(c2cccc(F)c2)C(=O)N3)cc1. The molecule has 4 rings (SSSR count). The summed E-state index contributed by atoms with van der Waals surface area (Å²) in [4.78, 5) is 31.8. The van der Waals surface area contributed by atoms with E-state index in [1.54, 1.807) is 17.0 Å². The molecule has 0 radical (unpaired) electrons. The Morgan fingerprint density at radius 1 is 1.10 bits per heavy atom. The zero-order valence-electron chi connectivity index (χ0n) is 17.5. The molecule has 2 aliphatic rings. The molecular formula is C24H26FN3O2. The maximum absolute atomic E-state index is 13.5. The molecule has 2 aromatic rings. The Bertz CT molecular complexity index is 1010. The molecule has 5 nitrogen and oxygen atoms in total. The van der Waals surface area contributed by atoms with Crippen LogP contribution in [0, 0.1) is 5.82 Å². The third-order valence-electron chi connectivity index (χ3n) is 5.86. The number of halogens is 1. The first-order valence-corrected chi connectivity index (χ1v) is 10.3. The molecule has 2 amide bonds. The van der Waals surface area contributed by atoms with E-state index in [2.05, 4.69) is 31.1 Å². The van der Waals surface area contributed by atoms with E-state index in [0.717, 1.165) is 0 Å². The zero-order valence-corrected chi connectivity index (χ0v) is 17.5. The van der Waals surface area contributed by atoms with E-state index < -0.39 is 11.5 Å². The van der Waals surface area contributed by atoms with Crippen LogP contribution in [0.4, 0.5) is 4.39 Å². The van der Waals surface area contributed by atoms with E-state index in [1.165, 1.54) is 17.7 Å². The fourth-order valence-corrected chi connectivity index (χ4v) is 4.01. The van der Waals surface area contributed by atoms with E-state index in [1.807, 2.05) is 24.3 Å². The van der Waals surface area contributed by atoms with E-state index in [4.69, 9.17) is 0 Å². The van der Waals surface area contributed by atoms with Crippen molar-refractivity contribution in [2.24, 2.45) is 4.99 Å². The third kappa shape index (κ3) is 3.86. The lowest BCUT2D eigenvalue weighted by Crippen LogP contribution is -2.52. The molecule has 0 aliphatic carbocycles. The van der Waals surface area contributed by atoms with Crippen molar-refractivity contribution in [1.29, 1.82) is 0 Å². The van der Waals surface area contributed by atoms with Crippen LogP contribution in [0.3, 0.4) is 0 Å². The van der Waals surface area contributed by atoms with E-state index >= 15 is 0 Å². The van der Waals surface area contributed by atoms with Crippen molar-refractivity contribution in [3.63, 3.8) is 0 Å². The number of carbonyl (C=O) groups excluding carboxylic acids is 2. The highest BCUT2D eigenvalue weighted by Crippen LogP contribution is 2.30. The molecular weight excluding hydrogens is 381 g/mol. The summed E-state index contributed by atoms with van der Waals surface area (Å²) in [6.45, 7) is 7.42. The first-order chi connectivity index (χ1) is 14.2. The molecule has 2 aliphatic heterocycles. The van der Waals surface area contributed by atoms with Crippen molar-refractivity contribution in [3.8, 4) is 0 Å². The van der Waals surface area contributed by atoms with Gasteiger partial charge < -0.3 is 10.2 Å². The molecule has 1 fully saturated rings. The van der Waals surface area contributed by atoms with Crippen LogP contribution in [0.1, 0.15) is 55.1 Å². The van der Waals surface area contributed by atoms with Crippen molar-refractivity contribution in [2.45, 2.75) is 44.7 Å². The molecule has 1 spiro atoms. The van der Waals surface area contributed by atoms with Crippen LogP contribution in [-0.4, -0.2) is 41.2 Å². The number of hydrogen-bond acceptors (Lipinski definition) is 3. The number of aliphatic imine (C=N–C) groups is 1. The van der Waals surface area contributed by atoms with Gasteiger partial charge in [-0.2, -0.15) is 0 Å². The second-order valence-corrected chi connectivity index (χ2v) is 9.08. The number of likely N-dealkylation sites (tertiary alicyclic amines) is 1. The molecule has 0 aromatic heterocycles. The average molecular weight is 407 g/mol. The first kappa shape index (κ1) is 20.3. The molecule has 1 N–H and O–H groups in total. The quantitative estimate of drug-likeness (QED) is 0.826. The number of benzene rings is 2. The number of nitrogens with zero attached hydrogens (tertiary/aromatic N) is 2. The van der Waals surface area contributed by atoms with Gasteiger partial charge in [0.2, 0.25) is 0 Å². The van der Waals surface area contributed by atoms with Gasteiger partial charge in [-0.25, -0.2) is 4.39 Å². The molecule has 0 atom stereocenters. The minimum absolute atomic E-state index is 0.0102. The molecule has 2 heterocycles. The van der Waals surface area contributed by atoms with Crippen molar-refractivity contribution in [2.75, 3.05) is 13.1 Å². The van der Waals surface area contributed by atoms with Crippen molar-refractivity contribution >= 4 is 17.5 Å². The monoisotopic (exact) mass is 407 g/mol. The summed E-state index contributed by atoms with van der Waals surface area (Å²) in [7, 11) is 0. The summed E-state index contributed by atoms with van der Waals surface area (Å²) in [5, 5.41) is 2.96. The third-order valence-corrected chi connectivity index (χ3v) is 5.86. The summed E-state index contributed by atoms with van der Waals surface area (Å²) in [5.41, 5.74) is 1.90. The van der Waals surface area contributed by atoms with E-state index in [9.17, 15) is 14.0 Å². The summed E-state index contributed by atoms with van der Waals surface area (Å²) in [5.74, 6) is -0.705. The lowest BCUT2D eigenvalue weighted by molar-refractivity contribution is -0.115. The van der Waals surface area contributed by atoms with Gasteiger partial charge in [0.15, 0.2) is 0 Å². The lowest BCUT2D eigenvalue weighted by Gasteiger charge is -2.37. The van der Waals surface area contributed by atoms with Crippen LogP contribution < -0.4 is 5.32 Å². The second-order valence-electron chi connectivity index (χ2n) is 9.08. The molecule has 0 unspecified atom stereocenters. The topological polar surface area (TPSA) is 61.8 Å². The number of hydrogen-bond donors (Lipinski definition) is 1. The minimum atomic E-state index is -0.717. The van der Waals surface area contributed by atoms with Crippen LogP contribution in [0.5, 0.6) is 0 Å². The fraction of sp³-hybridized carbons (Fsp3) is 0.375. The Labute approximate surface area is 176 Å². The van der Waals surface area contributed by atoms with Gasteiger partial charge in [-0.3, -0.25) is 14.6 Å². The van der Waals surface area contributed by atoms with Crippen LogP contribution in [0.25, 0.3) is 0 Å². The Morgan fingerprint density at radius 3 is 2.37 bits per heavy atom. The predicted molar refractivity (Wildman–Crippen MR) is 114 cm³/mol. The summed E-state index contributed by atoms with van der Waals surface area (Å²) in [6.07, 6.45) is 1.06. The van der Waals surface area contributed by atoms with Crippen LogP contribution >= 0.6 is 0 Å². The maximum atomic E-state index is 13.5. The highest BCUT2D eigenvalue weighted by Gasteiger charge is 2.43. The van der Waals surface area contributed by atoms with E-state index in [-0.39, 0.29) is 22.9 Å². The van der Waals surface area contributed by atoms with Gasteiger partial charge >= 0.3 is 0 Å². The zero-order chi connectivity index (χ0) is 21.5. The minimum Gasteiger partial charge on any atom is -0.338 e. The highest BCUT2D eigenvalue weighted by atomic mass is 19.1. The van der Waals surface area contributed by atoms with Crippen LogP contribution in [0.15, 0.2) is 53.5 Å². The maximum Gasteiger partial charge on any atom is 0.272 e. The summed E-state index contributed by atoms with van der Waals surface area (Å²) in [6, 6.07) is 13.7.